The topological polar surface area (TPSA) is 125 Å². The Kier molecular flexibility index (Phi) is 6.50. The molecule has 2 amide bonds. The minimum absolute atomic E-state index is 0.0572. The molecule has 1 saturated heterocycles. The van der Waals surface area contributed by atoms with Crippen LogP contribution >= 0.6 is 11.3 Å². The highest BCUT2D eigenvalue weighted by atomic mass is 32.1. The van der Waals surface area contributed by atoms with Gasteiger partial charge in [0, 0.05) is 5.56 Å². The number of thiophene rings is 1. The van der Waals surface area contributed by atoms with Crippen LogP contribution in [-0.4, -0.2) is 58.8 Å². The van der Waals surface area contributed by atoms with Crippen molar-refractivity contribution < 1.29 is 34.1 Å². The molecule has 2 aliphatic heterocycles. The fourth-order valence-electron chi connectivity index (χ4n) is 4.36. The number of benzene rings is 1. The van der Waals surface area contributed by atoms with Crippen LogP contribution in [0.3, 0.4) is 0 Å². The molecule has 174 valence electrons. The number of methoxy groups -OCH3 is 1. The molecule has 3 N–H and O–H groups in total. The first kappa shape index (κ1) is 23.0. The Balaban J connectivity index is 1.48. The van der Waals surface area contributed by atoms with Crippen LogP contribution < -0.4 is 10.1 Å². The molecule has 33 heavy (non-hydrogen) atoms. The van der Waals surface area contributed by atoms with E-state index in [0.29, 0.717) is 28.9 Å². The summed E-state index contributed by atoms with van der Waals surface area (Å²) in [5, 5.41) is 25.0. The quantitative estimate of drug-likeness (QED) is 0.478. The van der Waals surface area contributed by atoms with Crippen molar-refractivity contribution in [3.8, 4) is 5.75 Å². The molecule has 4 rings (SSSR count). The van der Waals surface area contributed by atoms with Crippen molar-refractivity contribution in [3.63, 3.8) is 0 Å². The number of carboxylic acid groups (broad SMARTS) is 1. The standard InChI is InChI=1S/C23H24N2O7S/c1-12(26)20-16-9-15(21(23(29)30)25(16)22(20)28)13-5-6-14(17(8-13)31-2)10-32-11-18(27)24-19-4-3-7-33-19/h3-8,12,16,20,26H,9-11H2,1-2H3,(H,24,27)(H,29,30)/t12-,16-,20-/m1/s1. The number of rotatable bonds is 9. The Morgan fingerprint density at radius 2 is 2.12 bits per heavy atom. The lowest BCUT2D eigenvalue weighted by molar-refractivity contribution is -0.161. The van der Waals surface area contributed by atoms with Crippen LogP contribution in [0.15, 0.2) is 41.4 Å². The van der Waals surface area contributed by atoms with Gasteiger partial charge in [-0.05, 0) is 48.1 Å². The van der Waals surface area contributed by atoms with Gasteiger partial charge in [-0.2, -0.15) is 0 Å². The number of amides is 2. The lowest BCUT2D eigenvalue weighted by atomic mass is 9.82. The molecule has 0 unspecified atom stereocenters. The third-order valence-electron chi connectivity index (χ3n) is 5.84. The molecule has 2 aromatic rings. The number of aliphatic hydroxyl groups excluding tert-OH is 1. The number of carbonyl (C=O) groups is 3. The number of hydrogen-bond donors (Lipinski definition) is 3. The second kappa shape index (κ2) is 9.34. The Morgan fingerprint density at radius 1 is 1.33 bits per heavy atom. The number of carboxylic acids is 1. The van der Waals surface area contributed by atoms with Gasteiger partial charge in [0.2, 0.25) is 5.91 Å². The third kappa shape index (κ3) is 4.37. The van der Waals surface area contributed by atoms with Crippen molar-refractivity contribution in [2.24, 2.45) is 5.92 Å². The number of carbonyl (C=O) groups excluding carboxylic acids is 2. The minimum atomic E-state index is -1.19. The second-order valence-corrected chi connectivity index (χ2v) is 8.87. The summed E-state index contributed by atoms with van der Waals surface area (Å²) in [6.45, 7) is 1.54. The summed E-state index contributed by atoms with van der Waals surface area (Å²) >= 11 is 1.42. The number of aliphatic hydroxyl groups is 1. The van der Waals surface area contributed by atoms with E-state index in [2.05, 4.69) is 5.32 Å². The van der Waals surface area contributed by atoms with E-state index in [1.165, 1.54) is 30.3 Å². The smallest absolute Gasteiger partial charge is 0.352 e. The number of fused-ring (bicyclic) bond motifs is 1. The van der Waals surface area contributed by atoms with Crippen LogP contribution in [0.1, 0.15) is 24.5 Å². The normalized spacial score (nSPS) is 20.3. The van der Waals surface area contributed by atoms with Gasteiger partial charge in [-0.15, -0.1) is 11.3 Å². The number of β-lactam (4-membered cyclic amide) rings is 1. The number of anilines is 1. The van der Waals surface area contributed by atoms with Crippen LogP contribution in [0, 0.1) is 5.92 Å². The van der Waals surface area contributed by atoms with Crippen molar-refractivity contribution in [2.75, 3.05) is 19.0 Å². The maximum absolute atomic E-state index is 12.4. The van der Waals surface area contributed by atoms with Gasteiger partial charge in [0.1, 0.15) is 18.1 Å². The third-order valence-corrected chi connectivity index (χ3v) is 6.63. The highest BCUT2D eigenvalue weighted by molar-refractivity contribution is 7.14. The summed E-state index contributed by atoms with van der Waals surface area (Å²) < 4.78 is 11.0. The van der Waals surface area contributed by atoms with E-state index in [-0.39, 0.29) is 36.8 Å². The van der Waals surface area contributed by atoms with Crippen molar-refractivity contribution >= 4 is 39.7 Å². The Morgan fingerprint density at radius 3 is 2.76 bits per heavy atom. The number of ether oxygens (including phenoxy) is 2. The first-order valence-electron chi connectivity index (χ1n) is 10.4. The molecule has 3 atom stereocenters. The molecule has 1 fully saturated rings. The first-order chi connectivity index (χ1) is 15.8. The zero-order chi connectivity index (χ0) is 23.7. The Bertz CT molecular complexity index is 1110. The maximum atomic E-state index is 12.4. The molecule has 1 aromatic carbocycles. The molecule has 0 saturated carbocycles. The fraction of sp³-hybridized carbons (Fsp3) is 0.348. The predicted molar refractivity (Wildman–Crippen MR) is 121 cm³/mol. The molecule has 2 aliphatic rings. The van der Waals surface area contributed by atoms with Crippen LogP contribution in [0.5, 0.6) is 5.75 Å². The van der Waals surface area contributed by atoms with E-state index >= 15 is 0 Å². The summed E-state index contributed by atoms with van der Waals surface area (Å²) in [4.78, 5) is 37.6. The number of nitrogens with one attached hydrogen (secondary N) is 1. The average Bonchev–Trinajstić information content (AvgIpc) is 3.39. The molecule has 3 heterocycles. The molecule has 10 heteroatoms. The molecule has 0 spiro atoms. The first-order valence-corrected chi connectivity index (χ1v) is 11.3. The summed E-state index contributed by atoms with van der Waals surface area (Å²) in [5.41, 5.74) is 1.78. The van der Waals surface area contributed by atoms with Gasteiger partial charge in [0.25, 0.3) is 5.91 Å². The van der Waals surface area contributed by atoms with E-state index in [9.17, 15) is 24.6 Å². The predicted octanol–water partition coefficient (Wildman–Crippen LogP) is 2.32. The van der Waals surface area contributed by atoms with Crippen LogP contribution in [0.4, 0.5) is 5.00 Å². The molecule has 9 nitrogen and oxygen atoms in total. The molecular formula is C23H24N2O7S. The summed E-state index contributed by atoms with van der Waals surface area (Å²) in [5.74, 6) is -1.95. The summed E-state index contributed by atoms with van der Waals surface area (Å²) in [6.07, 6.45) is -0.510. The molecule has 1 aromatic heterocycles. The largest absolute Gasteiger partial charge is 0.496 e. The van der Waals surface area contributed by atoms with E-state index in [1.807, 2.05) is 11.4 Å². The average molecular weight is 473 g/mol. The van der Waals surface area contributed by atoms with E-state index in [1.54, 1.807) is 24.3 Å². The summed E-state index contributed by atoms with van der Waals surface area (Å²) in [7, 11) is 1.49. The van der Waals surface area contributed by atoms with Gasteiger partial charge in [-0.3, -0.25) is 9.59 Å². The Hall–Kier alpha value is -3.21. The molecular weight excluding hydrogens is 448 g/mol. The number of nitrogens with zero attached hydrogens (tertiary/aromatic N) is 1. The van der Waals surface area contributed by atoms with Crippen molar-refractivity contribution in [1.82, 2.24) is 4.90 Å². The van der Waals surface area contributed by atoms with E-state index in [4.69, 9.17) is 9.47 Å². The van der Waals surface area contributed by atoms with Gasteiger partial charge < -0.3 is 29.9 Å². The maximum Gasteiger partial charge on any atom is 0.352 e. The zero-order valence-corrected chi connectivity index (χ0v) is 18.9. The molecule has 0 aliphatic carbocycles. The lowest BCUT2D eigenvalue weighted by Gasteiger charge is -2.44. The van der Waals surface area contributed by atoms with Gasteiger partial charge >= 0.3 is 5.97 Å². The van der Waals surface area contributed by atoms with Gasteiger partial charge in [-0.25, -0.2) is 4.79 Å². The van der Waals surface area contributed by atoms with Gasteiger partial charge in [0.05, 0.1) is 36.8 Å². The Labute approximate surface area is 194 Å². The van der Waals surface area contributed by atoms with E-state index < -0.39 is 18.0 Å². The van der Waals surface area contributed by atoms with Crippen LogP contribution in [-0.2, 0) is 25.7 Å². The monoisotopic (exact) mass is 472 g/mol. The number of hydrogen-bond acceptors (Lipinski definition) is 7. The lowest BCUT2D eigenvalue weighted by Crippen LogP contribution is -2.61. The fourth-order valence-corrected chi connectivity index (χ4v) is 4.99. The van der Waals surface area contributed by atoms with Crippen molar-refractivity contribution in [1.29, 1.82) is 0 Å². The summed E-state index contributed by atoms with van der Waals surface area (Å²) in [6, 6.07) is 8.48. The second-order valence-electron chi connectivity index (χ2n) is 7.92. The van der Waals surface area contributed by atoms with E-state index in [0.717, 1.165) is 5.00 Å². The molecule has 0 radical (unpaired) electrons. The van der Waals surface area contributed by atoms with Crippen molar-refractivity contribution in [2.45, 2.75) is 32.1 Å². The highest BCUT2D eigenvalue weighted by Gasteiger charge is 2.56. The van der Waals surface area contributed by atoms with Crippen LogP contribution in [0.2, 0.25) is 0 Å². The minimum Gasteiger partial charge on any atom is -0.496 e. The van der Waals surface area contributed by atoms with Crippen molar-refractivity contribution in [3.05, 3.63) is 52.5 Å². The molecule has 0 bridgehead atoms. The highest BCUT2D eigenvalue weighted by Crippen LogP contribution is 2.47. The zero-order valence-electron chi connectivity index (χ0n) is 18.1. The van der Waals surface area contributed by atoms with Gasteiger partial charge in [-0.1, -0.05) is 12.1 Å². The number of aliphatic carboxylic acids is 1. The van der Waals surface area contributed by atoms with Crippen LogP contribution in [0.25, 0.3) is 5.57 Å². The SMILES string of the molecule is COc1cc(C2=C(C(=O)O)N3C(=O)[C@H]([C@@H](C)O)[C@H]3C2)ccc1COCC(=O)Nc1cccs1. The van der Waals surface area contributed by atoms with Gasteiger partial charge in [0.15, 0.2) is 0 Å².